The summed E-state index contributed by atoms with van der Waals surface area (Å²) in [5.74, 6) is 0.112. The number of hydrogen-bond donors (Lipinski definition) is 0. The van der Waals surface area contributed by atoms with Crippen LogP contribution in [0.15, 0.2) is 0 Å². The van der Waals surface area contributed by atoms with Gasteiger partial charge >= 0.3 is 0 Å². The summed E-state index contributed by atoms with van der Waals surface area (Å²) in [6, 6.07) is 0. The van der Waals surface area contributed by atoms with Crippen molar-refractivity contribution >= 4 is 17.4 Å². The van der Waals surface area contributed by atoms with Gasteiger partial charge in [-0.2, -0.15) is 0 Å². The third-order valence-corrected chi connectivity index (χ3v) is 3.53. The molecule has 2 heteroatoms. The molecule has 1 unspecified atom stereocenters. The van der Waals surface area contributed by atoms with Gasteiger partial charge in [0.25, 0.3) is 0 Å². The average molecular weight is 247 g/mol. The van der Waals surface area contributed by atoms with Crippen LogP contribution in [0.5, 0.6) is 0 Å². The summed E-state index contributed by atoms with van der Waals surface area (Å²) in [4.78, 5) is 10.9. The van der Waals surface area contributed by atoms with E-state index in [4.69, 9.17) is 11.6 Å². The minimum Gasteiger partial charge on any atom is -0.298 e. The Morgan fingerprint density at radius 3 is 1.81 bits per heavy atom. The fraction of sp³-hybridized carbons (Fsp3) is 0.929. The van der Waals surface area contributed by atoms with Gasteiger partial charge in [-0.15, -0.1) is 11.6 Å². The highest BCUT2D eigenvalue weighted by Gasteiger charge is 2.08. The minimum atomic E-state index is -0.246. The van der Waals surface area contributed by atoms with Crippen molar-refractivity contribution < 1.29 is 4.79 Å². The molecule has 0 saturated heterocycles. The van der Waals surface area contributed by atoms with E-state index in [-0.39, 0.29) is 11.2 Å². The Morgan fingerprint density at radius 1 is 0.938 bits per heavy atom. The van der Waals surface area contributed by atoms with Crippen molar-refractivity contribution in [2.75, 3.05) is 0 Å². The molecule has 0 fully saturated rings. The molecule has 1 atom stereocenters. The third-order valence-electron chi connectivity index (χ3n) is 3.00. The van der Waals surface area contributed by atoms with Crippen molar-refractivity contribution in [2.24, 2.45) is 0 Å². The molecule has 16 heavy (non-hydrogen) atoms. The van der Waals surface area contributed by atoms with Gasteiger partial charge in [0, 0.05) is 0 Å². The van der Waals surface area contributed by atoms with Crippen molar-refractivity contribution in [1.29, 1.82) is 0 Å². The highest BCUT2D eigenvalue weighted by Crippen LogP contribution is 2.13. The summed E-state index contributed by atoms with van der Waals surface area (Å²) in [6.07, 6.45) is 12.7. The SMILES string of the molecule is CCCCCCCCCCCC(Cl)C(C)=O. The fourth-order valence-corrected chi connectivity index (χ4v) is 1.99. The van der Waals surface area contributed by atoms with E-state index in [9.17, 15) is 4.79 Å². The van der Waals surface area contributed by atoms with Gasteiger partial charge in [-0.25, -0.2) is 0 Å². The zero-order valence-electron chi connectivity index (χ0n) is 10.9. The zero-order chi connectivity index (χ0) is 12.2. The van der Waals surface area contributed by atoms with Gasteiger partial charge in [0.2, 0.25) is 0 Å². The standard InChI is InChI=1S/C14H27ClO/c1-3-4-5-6-7-8-9-10-11-12-14(15)13(2)16/h14H,3-12H2,1-2H3. The summed E-state index contributed by atoms with van der Waals surface area (Å²) in [5, 5.41) is -0.246. The molecule has 0 aromatic heterocycles. The van der Waals surface area contributed by atoms with Crippen LogP contribution in [0, 0.1) is 0 Å². The Morgan fingerprint density at radius 2 is 1.38 bits per heavy atom. The van der Waals surface area contributed by atoms with Crippen LogP contribution in [0.2, 0.25) is 0 Å². The smallest absolute Gasteiger partial charge is 0.147 e. The maximum absolute atomic E-state index is 10.9. The average Bonchev–Trinajstić information content (AvgIpc) is 2.26. The molecule has 0 spiro atoms. The molecule has 0 N–H and O–H groups in total. The minimum absolute atomic E-state index is 0.112. The number of hydrogen-bond acceptors (Lipinski definition) is 1. The second-order valence-corrected chi connectivity index (χ2v) is 5.22. The second kappa shape index (κ2) is 11.4. The number of Topliss-reactive ketones (excluding diaryl/α,β-unsaturated/α-hetero) is 1. The van der Waals surface area contributed by atoms with Crippen LogP contribution in [-0.2, 0) is 4.79 Å². The number of halogens is 1. The monoisotopic (exact) mass is 246 g/mol. The lowest BCUT2D eigenvalue weighted by Crippen LogP contribution is -2.09. The lowest BCUT2D eigenvalue weighted by atomic mass is 10.1. The van der Waals surface area contributed by atoms with Crippen LogP contribution in [0.3, 0.4) is 0 Å². The van der Waals surface area contributed by atoms with Gasteiger partial charge in [-0.3, -0.25) is 4.79 Å². The van der Waals surface area contributed by atoms with Crippen LogP contribution in [0.4, 0.5) is 0 Å². The molecule has 0 aromatic rings. The highest BCUT2D eigenvalue weighted by atomic mass is 35.5. The maximum atomic E-state index is 10.9. The molecule has 0 saturated carbocycles. The molecule has 0 bridgehead atoms. The van der Waals surface area contributed by atoms with Crippen molar-refractivity contribution in [1.82, 2.24) is 0 Å². The van der Waals surface area contributed by atoms with Crippen molar-refractivity contribution in [2.45, 2.75) is 83.4 Å². The highest BCUT2D eigenvalue weighted by molar-refractivity contribution is 6.30. The van der Waals surface area contributed by atoms with E-state index in [1.165, 1.54) is 51.4 Å². The first-order valence-corrected chi connectivity index (χ1v) is 7.26. The molecule has 0 radical (unpaired) electrons. The Kier molecular flexibility index (Phi) is 11.4. The normalized spacial score (nSPS) is 12.7. The number of carbonyl (C=O) groups excluding carboxylic acids is 1. The van der Waals surface area contributed by atoms with Gasteiger partial charge in [0.05, 0.1) is 5.38 Å². The Labute approximate surface area is 106 Å². The van der Waals surface area contributed by atoms with E-state index < -0.39 is 0 Å². The van der Waals surface area contributed by atoms with E-state index in [1.54, 1.807) is 6.92 Å². The van der Waals surface area contributed by atoms with Gasteiger partial charge in [0.15, 0.2) is 0 Å². The molecular formula is C14H27ClO. The molecule has 0 aromatic carbocycles. The van der Waals surface area contributed by atoms with Gasteiger partial charge in [-0.05, 0) is 13.3 Å². The molecule has 0 aliphatic carbocycles. The van der Waals surface area contributed by atoms with Gasteiger partial charge in [0.1, 0.15) is 5.78 Å². The molecule has 0 aliphatic rings. The van der Waals surface area contributed by atoms with Gasteiger partial charge < -0.3 is 0 Å². The summed E-state index contributed by atoms with van der Waals surface area (Å²) < 4.78 is 0. The lowest BCUT2D eigenvalue weighted by molar-refractivity contribution is -0.116. The Balaban J connectivity index is 3.07. The largest absolute Gasteiger partial charge is 0.298 e. The molecule has 1 nitrogen and oxygen atoms in total. The van der Waals surface area contributed by atoms with E-state index in [2.05, 4.69) is 6.92 Å². The Hall–Kier alpha value is -0.0400. The topological polar surface area (TPSA) is 17.1 Å². The fourth-order valence-electron chi connectivity index (χ4n) is 1.84. The van der Waals surface area contributed by atoms with E-state index in [1.807, 2.05) is 0 Å². The maximum Gasteiger partial charge on any atom is 0.147 e. The molecule has 96 valence electrons. The first kappa shape index (κ1) is 16.0. The van der Waals surface area contributed by atoms with Crippen molar-refractivity contribution in [3.63, 3.8) is 0 Å². The van der Waals surface area contributed by atoms with Crippen LogP contribution in [0.25, 0.3) is 0 Å². The van der Waals surface area contributed by atoms with E-state index in [0.29, 0.717) is 0 Å². The van der Waals surface area contributed by atoms with E-state index >= 15 is 0 Å². The summed E-state index contributed by atoms with van der Waals surface area (Å²) in [6.45, 7) is 3.82. The third kappa shape index (κ3) is 10.5. The van der Waals surface area contributed by atoms with Gasteiger partial charge in [-0.1, -0.05) is 64.7 Å². The number of ketones is 1. The first-order valence-electron chi connectivity index (χ1n) is 6.83. The summed E-state index contributed by atoms with van der Waals surface area (Å²) in [7, 11) is 0. The predicted molar refractivity (Wildman–Crippen MR) is 72.2 cm³/mol. The van der Waals surface area contributed by atoms with Crippen molar-refractivity contribution in [3.05, 3.63) is 0 Å². The number of rotatable bonds is 11. The molecule has 0 rings (SSSR count). The molecule has 0 amide bonds. The zero-order valence-corrected chi connectivity index (χ0v) is 11.7. The van der Waals surface area contributed by atoms with Crippen LogP contribution >= 0.6 is 11.6 Å². The summed E-state index contributed by atoms with van der Waals surface area (Å²) >= 11 is 5.86. The second-order valence-electron chi connectivity index (χ2n) is 4.70. The van der Waals surface area contributed by atoms with Crippen molar-refractivity contribution in [3.8, 4) is 0 Å². The molecule has 0 aliphatic heterocycles. The number of alkyl halides is 1. The summed E-state index contributed by atoms with van der Waals surface area (Å²) in [5.41, 5.74) is 0. The number of unbranched alkanes of at least 4 members (excludes halogenated alkanes) is 8. The van der Waals surface area contributed by atoms with E-state index in [0.717, 1.165) is 12.8 Å². The molecular weight excluding hydrogens is 220 g/mol. The van der Waals surface area contributed by atoms with Crippen LogP contribution < -0.4 is 0 Å². The van der Waals surface area contributed by atoms with Crippen LogP contribution in [0.1, 0.15) is 78.1 Å². The lowest BCUT2D eigenvalue weighted by Gasteiger charge is -2.05. The quantitative estimate of drug-likeness (QED) is 0.366. The van der Waals surface area contributed by atoms with Crippen LogP contribution in [-0.4, -0.2) is 11.2 Å². The number of carbonyl (C=O) groups is 1. The first-order chi connectivity index (χ1) is 7.68. The predicted octanol–water partition coefficient (Wildman–Crippen LogP) is 5.10. The molecule has 0 heterocycles. The Bertz CT molecular complexity index is 168.